The summed E-state index contributed by atoms with van der Waals surface area (Å²) in [6, 6.07) is 10.7. The van der Waals surface area contributed by atoms with Crippen LogP contribution in [0.1, 0.15) is 5.56 Å². The van der Waals surface area contributed by atoms with Gasteiger partial charge in [-0.05, 0) is 35.4 Å². The van der Waals surface area contributed by atoms with Crippen molar-refractivity contribution in [3.63, 3.8) is 0 Å². The lowest BCUT2D eigenvalue weighted by molar-refractivity contribution is -0.274. The van der Waals surface area contributed by atoms with Gasteiger partial charge < -0.3 is 9.47 Å². The lowest BCUT2D eigenvalue weighted by Crippen LogP contribution is -2.17. The zero-order chi connectivity index (χ0) is 15.5. The second-order valence-electron chi connectivity index (χ2n) is 4.14. The van der Waals surface area contributed by atoms with Crippen molar-refractivity contribution in [2.45, 2.75) is 6.36 Å². The van der Waals surface area contributed by atoms with Gasteiger partial charge in [0.25, 0.3) is 0 Å². The highest BCUT2D eigenvalue weighted by molar-refractivity contribution is 5.68. The molecule has 0 N–H and O–H groups in total. The van der Waals surface area contributed by atoms with E-state index in [0.717, 1.165) is 0 Å². The largest absolute Gasteiger partial charge is 0.573 e. The Morgan fingerprint density at radius 3 is 2.38 bits per heavy atom. The number of methoxy groups -OCH3 is 1. The van der Waals surface area contributed by atoms with E-state index in [2.05, 4.69) is 10.7 Å². The molecule has 0 aliphatic rings. The summed E-state index contributed by atoms with van der Waals surface area (Å²) in [4.78, 5) is 0. The van der Waals surface area contributed by atoms with Crippen LogP contribution in [0.4, 0.5) is 13.2 Å². The topological polar surface area (TPSA) is 18.5 Å². The Hall–Kier alpha value is -2.61. The molecule has 2 aromatic rings. The fourth-order valence-electron chi connectivity index (χ4n) is 1.87. The Kier molecular flexibility index (Phi) is 4.08. The van der Waals surface area contributed by atoms with E-state index >= 15 is 0 Å². The van der Waals surface area contributed by atoms with Crippen molar-refractivity contribution in [1.82, 2.24) is 0 Å². The van der Waals surface area contributed by atoms with Crippen molar-refractivity contribution >= 4 is 0 Å². The number of hydrogen-bond acceptors (Lipinski definition) is 2. The van der Waals surface area contributed by atoms with E-state index < -0.39 is 6.36 Å². The van der Waals surface area contributed by atoms with Gasteiger partial charge >= 0.3 is 6.36 Å². The summed E-state index contributed by atoms with van der Waals surface area (Å²) in [5.41, 5.74) is 1.77. The van der Waals surface area contributed by atoms with E-state index in [9.17, 15) is 13.2 Å². The molecule has 0 atom stereocenters. The number of alkyl halides is 3. The summed E-state index contributed by atoms with van der Waals surface area (Å²) in [5.74, 6) is 2.73. The molecule has 0 fully saturated rings. The van der Waals surface area contributed by atoms with Crippen LogP contribution in [0.25, 0.3) is 11.1 Å². The van der Waals surface area contributed by atoms with Gasteiger partial charge in [0.2, 0.25) is 0 Å². The molecule has 0 saturated carbocycles. The number of hydrogen-bond donors (Lipinski definition) is 0. The van der Waals surface area contributed by atoms with E-state index in [1.54, 1.807) is 24.3 Å². The predicted molar refractivity (Wildman–Crippen MR) is 73.0 cm³/mol. The third kappa shape index (κ3) is 3.69. The maximum atomic E-state index is 12.2. The molecule has 0 aromatic heterocycles. The highest BCUT2D eigenvalue weighted by atomic mass is 19.4. The molecular formula is C16H11F3O2. The maximum Gasteiger partial charge on any atom is 0.573 e. The Bertz CT molecular complexity index is 685. The molecule has 0 aliphatic carbocycles. The van der Waals surface area contributed by atoms with E-state index in [1.807, 2.05) is 0 Å². The van der Waals surface area contributed by atoms with Crippen molar-refractivity contribution < 1.29 is 22.6 Å². The Balaban J connectivity index is 2.39. The molecule has 0 amide bonds. The van der Waals surface area contributed by atoms with Crippen LogP contribution in [0.3, 0.4) is 0 Å². The van der Waals surface area contributed by atoms with Crippen molar-refractivity contribution in [3.05, 3.63) is 48.0 Å². The van der Waals surface area contributed by atoms with Gasteiger partial charge in [-0.15, -0.1) is 19.6 Å². The maximum absolute atomic E-state index is 12.2. The number of rotatable bonds is 3. The van der Waals surface area contributed by atoms with Gasteiger partial charge in [-0.25, -0.2) is 0 Å². The first-order chi connectivity index (χ1) is 9.93. The van der Waals surface area contributed by atoms with Crippen LogP contribution in [0.15, 0.2) is 42.5 Å². The second kappa shape index (κ2) is 5.80. The summed E-state index contributed by atoms with van der Waals surface area (Å²) in [5, 5.41) is 0. The lowest BCUT2D eigenvalue weighted by atomic mass is 10.0. The lowest BCUT2D eigenvalue weighted by Gasteiger charge is -2.11. The van der Waals surface area contributed by atoms with Gasteiger partial charge in [0.05, 0.1) is 12.7 Å². The molecule has 2 rings (SSSR count). The Morgan fingerprint density at radius 2 is 1.76 bits per heavy atom. The summed E-state index contributed by atoms with van der Waals surface area (Å²) < 4.78 is 45.7. The number of halogens is 3. The summed E-state index contributed by atoms with van der Waals surface area (Å²) in [7, 11) is 1.49. The van der Waals surface area contributed by atoms with E-state index in [1.165, 1.54) is 25.3 Å². The molecule has 5 heteroatoms. The number of terminal acetylenes is 1. The molecule has 0 radical (unpaired) electrons. The average Bonchev–Trinajstić information content (AvgIpc) is 2.45. The van der Waals surface area contributed by atoms with Gasteiger partial charge in [0.15, 0.2) is 0 Å². The van der Waals surface area contributed by atoms with Crippen LogP contribution in [-0.4, -0.2) is 13.5 Å². The predicted octanol–water partition coefficient (Wildman–Crippen LogP) is 4.24. The van der Waals surface area contributed by atoms with E-state index in [-0.39, 0.29) is 5.75 Å². The second-order valence-corrected chi connectivity index (χ2v) is 4.14. The van der Waals surface area contributed by atoms with Crippen LogP contribution < -0.4 is 9.47 Å². The smallest absolute Gasteiger partial charge is 0.495 e. The van der Waals surface area contributed by atoms with E-state index in [0.29, 0.717) is 22.4 Å². The molecule has 0 unspecified atom stereocenters. The summed E-state index contributed by atoms with van der Waals surface area (Å²) >= 11 is 0. The van der Waals surface area contributed by atoms with Gasteiger partial charge in [0.1, 0.15) is 11.5 Å². The minimum absolute atomic E-state index is 0.280. The minimum Gasteiger partial charge on any atom is -0.495 e. The first-order valence-electron chi connectivity index (χ1n) is 5.94. The summed E-state index contributed by atoms with van der Waals surface area (Å²) in [6.45, 7) is 0. The fraction of sp³-hybridized carbons (Fsp3) is 0.125. The standard InChI is InChI=1S/C16H11F3O2/c1-3-11-9-13(7-8-15(11)20-2)12-5-4-6-14(10-12)21-16(17,18)19/h1,4-10H,2H3. The molecule has 21 heavy (non-hydrogen) atoms. The molecule has 2 aromatic carbocycles. The van der Waals surface area contributed by atoms with Crippen molar-refractivity contribution in [3.8, 4) is 35.0 Å². The van der Waals surface area contributed by atoms with Crippen LogP contribution in [0.2, 0.25) is 0 Å². The molecule has 0 bridgehead atoms. The van der Waals surface area contributed by atoms with Crippen LogP contribution >= 0.6 is 0 Å². The zero-order valence-corrected chi connectivity index (χ0v) is 11.1. The van der Waals surface area contributed by atoms with Gasteiger partial charge in [-0.2, -0.15) is 0 Å². The zero-order valence-electron chi connectivity index (χ0n) is 11.1. The first kappa shape index (κ1) is 14.8. The van der Waals surface area contributed by atoms with Crippen molar-refractivity contribution in [1.29, 1.82) is 0 Å². The quantitative estimate of drug-likeness (QED) is 0.788. The normalized spacial score (nSPS) is 10.8. The van der Waals surface area contributed by atoms with Crippen LogP contribution in [0, 0.1) is 12.3 Å². The van der Waals surface area contributed by atoms with Gasteiger partial charge in [-0.3, -0.25) is 0 Å². The van der Waals surface area contributed by atoms with Gasteiger partial charge in [-0.1, -0.05) is 24.1 Å². The molecule has 0 heterocycles. The monoisotopic (exact) mass is 292 g/mol. The molecule has 0 aliphatic heterocycles. The van der Waals surface area contributed by atoms with Crippen molar-refractivity contribution in [2.24, 2.45) is 0 Å². The Morgan fingerprint density at radius 1 is 1.05 bits per heavy atom. The highest BCUT2D eigenvalue weighted by Crippen LogP contribution is 2.30. The molecule has 2 nitrogen and oxygen atoms in total. The third-order valence-corrected chi connectivity index (χ3v) is 2.76. The fourth-order valence-corrected chi connectivity index (χ4v) is 1.87. The molecule has 0 spiro atoms. The first-order valence-corrected chi connectivity index (χ1v) is 5.94. The van der Waals surface area contributed by atoms with Crippen LogP contribution in [0.5, 0.6) is 11.5 Å². The SMILES string of the molecule is C#Cc1cc(-c2cccc(OC(F)(F)F)c2)ccc1OC. The average molecular weight is 292 g/mol. The highest BCUT2D eigenvalue weighted by Gasteiger charge is 2.31. The number of benzene rings is 2. The van der Waals surface area contributed by atoms with Gasteiger partial charge in [0, 0.05) is 0 Å². The molecule has 108 valence electrons. The van der Waals surface area contributed by atoms with Crippen molar-refractivity contribution in [2.75, 3.05) is 7.11 Å². The van der Waals surface area contributed by atoms with Crippen LogP contribution in [-0.2, 0) is 0 Å². The Labute approximate surface area is 120 Å². The number of ether oxygens (including phenoxy) is 2. The summed E-state index contributed by atoms with van der Waals surface area (Å²) in [6.07, 6.45) is 0.663. The third-order valence-electron chi connectivity index (χ3n) is 2.76. The van der Waals surface area contributed by atoms with E-state index in [4.69, 9.17) is 11.2 Å². The molecule has 0 saturated heterocycles. The minimum atomic E-state index is -4.72. The molecular weight excluding hydrogens is 281 g/mol.